The van der Waals surface area contributed by atoms with Crippen molar-refractivity contribution in [1.82, 2.24) is 9.97 Å². The molecule has 0 radical (unpaired) electrons. The van der Waals surface area contributed by atoms with Crippen molar-refractivity contribution in [2.24, 2.45) is 0 Å². The maximum absolute atomic E-state index is 13.8. The van der Waals surface area contributed by atoms with E-state index >= 15 is 0 Å². The number of nitrogens with one attached hydrogen (secondary N) is 2. The van der Waals surface area contributed by atoms with Crippen LogP contribution in [0.1, 0.15) is 16.3 Å². The van der Waals surface area contributed by atoms with Crippen molar-refractivity contribution in [3.05, 3.63) is 65.6 Å². The molecule has 142 valence electrons. The fraction of sp³-hybridized carbons (Fsp3) is 0.105. The third-order valence-corrected chi connectivity index (χ3v) is 3.92. The van der Waals surface area contributed by atoms with Gasteiger partial charge in [0.2, 0.25) is 6.79 Å². The number of amides is 1. The number of hydrogen-bond acceptors (Lipinski definition) is 6. The smallest absolute Gasteiger partial charge is 0.274 e. The van der Waals surface area contributed by atoms with E-state index in [4.69, 9.17) is 9.47 Å². The molecule has 0 aliphatic carbocycles. The number of carbonyl (C=O) groups is 1. The second-order valence-corrected chi connectivity index (χ2v) is 5.93. The number of rotatable bonds is 4. The largest absolute Gasteiger partial charge is 0.454 e. The maximum atomic E-state index is 13.8. The zero-order valence-electron chi connectivity index (χ0n) is 14.6. The molecule has 2 N–H and O–H groups in total. The summed E-state index contributed by atoms with van der Waals surface area (Å²) in [7, 11) is 0. The Hall–Kier alpha value is -3.75. The highest BCUT2D eigenvalue weighted by Gasteiger charge is 2.17. The molecular formula is C19H14F2N4O3. The van der Waals surface area contributed by atoms with Gasteiger partial charge in [-0.2, -0.15) is 0 Å². The summed E-state index contributed by atoms with van der Waals surface area (Å²) in [6.07, 6.45) is 0. The number of aromatic nitrogens is 2. The lowest BCUT2D eigenvalue weighted by molar-refractivity contribution is 0.102. The van der Waals surface area contributed by atoms with E-state index < -0.39 is 23.2 Å². The summed E-state index contributed by atoms with van der Waals surface area (Å²) in [5, 5.41) is 5.25. The van der Waals surface area contributed by atoms with Gasteiger partial charge in [0.25, 0.3) is 5.91 Å². The molecule has 1 aromatic heterocycles. The van der Waals surface area contributed by atoms with Gasteiger partial charge in [0.1, 0.15) is 34.7 Å². The summed E-state index contributed by atoms with van der Waals surface area (Å²) < 4.78 is 38.1. The molecule has 3 aromatic rings. The van der Waals surface area contributed by atoms with Gasteiger partial charge in [-0.15, -0.1) is 0 Å². The summed E-state index contributed by atoms with van der Waals surface area (Å²) in [5.41, 5.74) is 0.0845. The Balaban J connectivity index is 1.57. The van der Waals surface area contributed by atoms with Gasteiger partial charge in [-0.05, 0) is 31.2 Å². The maximum Gasteiger partial charge on any atom is 0.274 e. The molecule has 0 unspecified atom stereocenters. The van der Waals surface area contributed by atoms with Gasteiger partial charge in [0, 0.05) is 17.8 Å². The zero-order valence-corrected chi connectivity index (χ0v) is 14.6. The number of aryl methyl sites for hydroxylation is 1. The molecule has 2 aromatic carbocycles. The summed E-state index contributed by atoms with van der Waals surface area (Å²) >= 11 is 0. The quantitative estimate of drug-likeness (QED) is 0.712. The first kappa shape index (κ1) is 17.7. The predicted molar refractivity (Wildman–Crippen MR) is 96.9 cm³/mol. The van der Waals surface area contributed by atoms with Gasteiger partial charge in [-0.25, -0.2) is 18.7 Å². The van der Waals surface area contributed by atoms with Crippen LogP contribution in [0.5, 0.6) is 11.5 Å². The molecule has 28 heavy (non-hydrogen) atoms. The molecule has 0 saturated carbocycles. The van der Waals surface area contributed by atoms with E-state index in [-0.39, 0.29) is 12.5 Å². The molecule has 0 spiro atoms. The van der Waals surface area contributed by atoms with Crippen LogP contribution in [0.15, 0.2) is 42.5 Å². The number of benzene rings is 2. The molecule has 0 atom stereocenters. The van der Waals surface area contributed by atoms with E-state index in [0.29, 0.717) is 28.8 Å². The Labute approximate surface area is 158 Å². The minimum absolute atomic E-state index is 0.0432. The highest BCUT2D eigenvalue weighted by Crippen LogP contribution is 2.35. The third kappa shape index (κ3) is 3.54. The van der Waals surface area contributed by atoms with Crippen LogP contribution in [-0.2, 0) is 0 Å². The minimum atomic E-state index is -0.877. The molecule has 1 amide bonds. The lowest BCUT2D eigenvalue weighted by Gasteiger charge is -2.10. The standard InChI is InChI=1S/C19H14F2N4O3/c1-10-22-14(19(26)25-18-12(20)3-2-4-13(18)21)8-17(23-10)24-11-5-6-15-16(7-11)28-9-27-15/h2-8H,9H2,1H3,(H,25,26)(H,22,23,24). The van der Waals surface area contributed by atoms with Gasteiger partial charge >= 0.3 is 0 Å². The van der Waals surface area contributed by atoms with Crippen molar-refractivity contribution < 1.29 is 23.0 Å². The number of nitrogens with zero attached hydrogens (tertiary/aromatic N) is 2. The predicted octanol–water partition coefficient (Wildman–Crippen LogP) is 3.79. The van der Waals surface area contributed by atoms with Crippen LogP contribution in [0.25, 0.3) is 0 Å². The summed E-state index contributed by atoms with van der Waals surface area (Å²) in [4.78, 5) is 20.7. The number of anilines is 3. The van der Waals surface area contributed by atoms with Crippen molar-refractivity contribution in [3.63, 3.8) is 0 Å². The van der Waals surface area contributed by atoms with Crippen LogP contribution in [-0.4, -0.2) is 22.7 Å². The van der Waals surface area contributed by atoms with Crippen molar-refractivity contribution in [2.75, 3.05) is 17.4 Å². The second-order valence-electron chi connectivity index (χ2n) is 5.93. The highest BCUT2D eigenvalue weighted by atomic mass is 19.1. The summed E-state index contributed by atoms with van der Waals surface area (Å²) in [6.45, 7) is 1.76. The zero-order chi connectivity index (χ0) is 19.7. The third-order valence-electron chi connectivity index (χ3n) is 3.92. The number of para-hydroxylation sites is 1. The first-order valence-corrected chi connectivity index (χ1v) is 8.27. The lowest BCUT2D eigenvalue weighted by atomic mass is 10.2. The summed E-state index contributed by atoms with van der Waals surface area (Å²) in [5.74, 6) is -0.644. The molecule has 7 nitrogen and oxygen atoms in total. The van der Waals surface area contributed by atoms with Gasteiger partial charge < -0.3 is 20.1 Å². The van der Waals surface area contributed by atoms with Crippen molar-refractivity contribution in [3.8, 4) is 11.5 Å². The van der Waals surface area contributed by atoms with Gasteiger partial charge in [-0.1, -0.05) is 6.07 Å². The molecule has 1 aliphatic heterocycles. The molecule has 4 rings (SSSR count). The van der Waals surface area contributed by atoms with Crippen LogP contribution < -0.4 is 20.1 Å². The molecule has 0 fully saturated rings. The first-order valence-electron chi connectivity index (χ1n) is 8.27. The van der Waals surface area contributed by atoms with Gasteiger partial charge in [0.15, 0.2) is 11.5 Å². The van der Waals surface area contributed by atoms with E-state index in [2.05, 4.69) is 20.6 Å². The first-order chi connectivity index (χ1) is 13.5. The fourth-order valence-electron chi connectivity index (χ4n) is 2.67. The van der Waals surface area contributed by atoms with E-state index in [9.17, 15) is 13.6 Å². The SMILES string of the molecule is Cc1nc(Nc2ccc3c(c2)OCO3)cc(C(=O)Nc2c(F)cccc2F)n1. The Morgan fingerprint density at radius 1 is 1.04 bits per heavy atom. The average molecular weight is 384 g/mol. The van der Waals surface area contributed by atoms with Crippen molar-refractivity contribution in [2.45, 2.75) is 6.92 Å². The molecule has 9 heteroatoms. The van der Waals surface area contributed by atoms with Crippen LogP contribution in [0, 0.1) is 18.6 Å². The van der Waals surface area contributed by atoms with Crippen molar-refractivity contribution in [1.29, 1.82) is 0 Å². The Morgan fingerprint density at radius 3 is 2.57 bits per heavy atom. The fourth-order valence-corrected chi connectivity index (χ4v) is 2.67. The van der Waals surface area contributed by atoms with Crippen LogP contribution in [0.3, 0.4) is 0 Å². The minimum Gasteiger partial charge on any atom is -0.454 e. The molecule has 0 bridgehead atoms. The number of halogens is 2. The lowest BCUT2D eigenvalue weighted by Crippen LogP contribution is -2.17. The van der Waals surface area contributed by atoms with E-state index in [1.54, 1.807) is 25.1 Å². The second kappa shape index (κ2) is 7.10. The van der Waals surface area contributed by atoms with Crippen molar-refractivity contribution >= 4 is 23.1 Å². The van der Waals surface area contributed by atoms with E-state index in [1.807, 2.05) is 0 Å². The summed E-state index contributed by atoms with van der Waals surface area (Å²) in [6, 6.07) is 9.93. The normalized spacial score (nSPS) is 12.0. The molecule has 2 heterocycles. The molecular weight excluding hydrogens is 370 g/mol. The number of ether oxygens (including phenoxy) is 2. The van der Waals surface area contributed by atoms with Crippen LogP contribution >= 0.6 is 0 Å². The topological polar surface area (TPSA) is 85.4 Å². The van der Waals surface area contributed by atoms with E-state index in [0.717, 1.165) is 12.1 Å². The van der Waals surface area contributed by atoms with Gasteiger partial charge in [0.05, 0.1) is 0 Å². The molecule has 1 aliphatic rings. The molecule has 0 saturated heterocycles. The average Bonchev–Trinajstić information content (AvgIpc) is 3.12. The Morgan fingerprint density at radius 2 is 1.79 bits per heavy atom. The number of carbonyl (C=O) groups excluding carboxylic acids is 1. The van der Waals surface area contributed by atoms with Crippen LogP contribution in [0.2, 0.25) is 0 Å². The van der Waals surface area contributed by atoms with Crippen LogP contribution in [0.4, 0.5) is 26.0 Å². The number of hydrogen-bond donors (Lipinski definition) is 2. The van der Waals surface area contributed by atoms with Gasteiger partial charge in [-0.3, -0.25) is 4.79 Å². The Bertz CT molecular complexity index is 1050. The number of fused-ring (bicyclic) bond motifs is 1. The van der Waals surface area contributed by atoms with E-state index in [1.165, 1.54) is 12.1 Å². The monoisotopic (exact) mass is 384 g/mol. The Kier molecular flexibility index (Phi) is 4.48. The highest BCUT2D eigenvalue weighted by molar-refractivity contribution is 6.03.